The van der Waals surface area contributed by atoms with E-state index in [-0.39, 0.29) is 36.6 Å². The van der Waals surface area contributed by atoms with Gasteiger partial charge in [-0.15, -0.1) is 11.3 Å². The fourth-order valence-electron chi connectivity index (χ4n) is 4.90. The molecule has 2 aromatic carbocycles. The Morgan fingerprint density at radius 3 is 2.72 bits per heavy atom. The van der Waals surface area contributed by atoms with Gasteiger partial charge in [0.15, 0.2) is 17.3 Å². The Morgan fingerprint density at radius 2 is 1.94 bits per heavy atom. The lowest BCUT2D eigenvalue weighted by Gasteiger charge is -2.28. The van der Waals surface area contributed by atoms with Gasteiger partial charge in [-0.1, -0.05) is 11.6 Å². The summed E-state index contributed by atoms with van der Waals surface area (Å²) in [5.41, 5.74) is 2.29. The third-order valence-electron chi connectivity index (χ3n) is 6.73. The van der Waals surface area contributed by atoms with E-state index in [9.17, 15) is 14.0 Å². The van der Waals surface area contributed by atoms with Crippen LogP contribution >= 0.6 is 22.9 Å². The monoisotopic (exact) mass is 527 g/mol. The first-order valence-electron chi connectivity index (χ1n) is 11.9. The van der Waals surface area contributed by atoms with Crippen molar-refractivity contribution < 1.29 is 28.2 Å². The fourth-order valence-corrected chi connectivity index (χ4v) is 6.41. The van der Waals surface area contributed by atoms with E-state index < -0.39 is 0 Å². The Bertz CT molecular complexity index is 1410. The van der Waals surface area contributed by atoms with Crippen LogP contribution < -0.4 is 9.47 Å². The summed E-state index contributed by atoms with van der Waals surface area (Å²) in [6, 6.07) is 8.04. The van der Waals surface area contributed by atoms with Crippen molar-refractivity contribution in [2.45, 2.75) is 25.4 Å². The number of nitrogens with zero attached hydrogens (tertiary/aromatic N) is 1. The second-order valence-corrected chi connectivity index (χ2v) is 10.6. The molecule has 186 valence electrons. The number of ketones is 1. The van der Waals surface area contributed by atoms with Gasteiger partial charge in [0, 0.05) is 41.8 Å². The molecule has 3 heterocycles. The summed E-state index contributed by atoms with van der Waals surface area (Å²) < 4.78 is 31.5. The molecule has 6 rings (SSSR count). The molecule has 0 saturated carbocycles. The van der Waals surface area contributed by atoms with Crippen molar-refractivity contribution in [1.82, 2.24) is 4.90 Å². The van der Waals surface area contributed by atoms with E-state index >= 15 is 0 Å². The van der Waals surface area contributed by atoms with Crippen LogP contribution in [0, 0.1) is 5.82 Å². The number of thiophene rings is 1. The summed E-state index contributed by atoms with van der Waals surface area (Å²) in [6.07, 6.45) is 3.72. The van der Waals surface area contributed by atoms with Gasteiger partial charge < -0.3 is 19.1 Å². The van der Waals surface area contributed by atoms with Gasteiger partial charge in [-0.2, -0.15) is 0 Å². The molecule has 0 spiro atoms. The van der Waals surface area contributed by atoms with Gasteiger partial charge in [0.05, 0.1) is 11.1 Å². The fraction of sp³-hybridized carbons (Fsp3) is 0.333. The molecule has 1 aromatic heterocycles. The Kier molecular flexibility index (Phi) is 6.19. The molecule has 1 amide bonds. The van der Waals surface area contributed by atoms with Crippen molar-refractivity contribution in [3.63, 3.8) is 0 Å². The zero-order valence-corrected chi connectivity index (χ0v) is 20.9. The number of rotatable bonds is 5. The quantitative estimate of drug-likeness (QED) is 0.451. The molecule has 0 N–H and O–H groups in total. The molecule has 1 saturated heterocycles. The number of hydrogen-bond donors (Lipinski definition) is 0. The molecule has 1 atom stereocenters. The van der Waals surface area contributed by atoms with Crippen molar-refractivity contribution in [3.05, 3.63) is 62.7 Å². The van der Waals surface area contributed by atoms with Gasteiger partial charge in [0.2, 0.25) is 0 Å². The van der Waals surface area contributed by atoms with Crippen molar-refractivity contribution in [3.8, 4) is 11.5 Å². The maximum atomic E-state index is 13.8. The van der Waals surface area contributed by atoms with Gasteiger partial charge in [-0.3, -0.25) is 9.59 Å². The Morgan fingerprint density at radius 1 is 1.14 bits per heavy atom. The minimum Gasteiger partial charge on any atom is -0.486 e. The van der Waals surface area contributed by atoms with Gasteiger partial charge in [-0.05, 0) is 60.4 Å². The average Bonchev–Trinajstić information content (AvgIpc) is 3.50. The van der Waals surface area contributed by atoms with Crippen LogP contribution in [0.2, 0.25) is 5.02 Å². The highest BCUT2D eigenvalue weighted by atomic mass is 35.5. The van der Waals surface area contributed by atoms with Crippen molar-refractivity contribution in [2.75, 3.05) is 32.9 Å². The van der Waals surface area contributed by atoms with Crippen molar-refractivity contribution in [1.29, 1.82) is 0 Å². The molecule has 3 aliphatic rings. The second-order valence-electron chi connectivity index (χ2n) is 9.17. The molecule has 0 radical (unpaired) electrons. The van der Waals surface area contributed by atoms with E-state index in [2.05, 4.69) is 0 Å². The number of carbonyl (C=O) groups excluding carboxylic acids is 2. The smallest absolute Gasteiger partial charge is 0.265 e. The number of fused-ring (bicyclic) bond motifs is 3. The summed E-state index contributed by atoms with van der Waals surface area (Å²) in [5, 5.41) is 0.938. The zero-order valence-electron chi connectivity index (χ0n) is 19.4. The number of Topliss-reactive ketones (excluding diaryl/α,β-unsaturated/α-hetero) is 1. The molecule has 0 unspecified atom stereocenters. The SMILES string of the molecule is O=C1Cc2cc3c(cc2C=C1CN(C[C@H]1CCCO1)C(=O)c1sc2cc(F)ccc2c1Cl)OCCO3. The van der Waals surface area contributed by atoms with E-state index in [1.54, 1.807) is 11.0 Å². The molecular weight excluding hydrogens is 505 g/mol. The standard InChI is InChI=1S/C27H23ClFNO5S/c28-25-20-4-3-18(29)12-24(20)36-26(25)27(32)30(14-19-2-1-5-33-19)13-17-8-15-10-22-23(35-7-6-34-22)11-16(15)9-21(17)31/h3-4,8,10-12,19H,1-2,5-7,9,13-14H2/t19-/m1/s1. The molecule has 6 nitrogen and oxygen atoms in total. The number of halogens is 2. The van der Waals surface area contributed by atoms with Gasteiger partial charge in [-0.25, -0.2) is 4.39 Å². The van der Waals surface area contributed by atoms with Gasteiger partial charge >= 0.3 is 0 Å². The number of amides is 1. The highest BCUT2D eigenvalue weighted by molar-refractivity contribution is 7.21. The second kappa shape index (κ2) is 9.50. The number of benzene rings is 2. The largest absolute Gasteiger partial charge is 0.486 e. The van der Waals surface area contributed by atoms with Crippen LogP contribution in [0.4, 0.5) is 4.39 Å². The molecule has 1 aliphatic carbocycles. The number of hydrogen-bond acceptors (Lipinski definition) is 6. The van der Waals surface area contributed by atoms with E-state index in [0.717, 1.165) is 35.3 Å². The predicted molar refractivity (Wildman–Crippen MR) is 136 cm³/mol. The van der Waals surface area contributed by atoms with Crippen LogP contribution in [0.25, 0.3) is 16.2 Å². The molecule has 2 aliphatic heterocycles. The Hall–Kier alpha value is -2.94. The average molecular weight is 528 g/mol. The summed E-state index contributed by atoms with van der Waals surface area (Å²) in [7, 11) is 0. The lowest BCUT2D eigenvalue weighted by Crippen LogP contribution is -2.40. The number of carbonyl (C=O) groups is 2. The van der Waals surface area contributed by atoms with Gasteiger partial charge in [0.1, 0.15) is 23.9 Å². The third kappa shape index (κ3) is 4.38. The minimum atomic E-state index is -0.385. The van der Waals surface area contributed by atoms with Crippen LogP contribution in [-0.4, -0.2) is 55.6 Å². The molecule has 0 bridgehead atoms. The highest BCUT2D eigenvalue weighted by Crippen LogP contribution is 2.38. The molecule has 36 heavy (non-hydrogen) atoms. The summed E-state index contributed by atoms with van der Waals surface area (Å²) >= 11 is 7.73. The highest BCUT2D eigenvalue weighted by Gasteiger charge is 2.30. The first-order valence-corrected chi connectivity index (χ1v) is 13.1. The Balaban J connectivity index is 1.33. The Labute approximate surface area is 216 Å². The summed E-state index contributed by atoms with van der Waals surface area (Å²) in [6.45, 7) is 2.08. The molecular formula is C27H23ClFNO5S. The first kappa shape index (κ1) is 23.5. The van der Waals surface area contributed by atoms with Crippen LogP contribution in [-0.2, 0) is 16.0 Å². The van der Waals surface area contributed by atoms with Crippen molar-refractivity contribution in [2.24, 2.45) is 0 Å². The third-order valence-corrected chi connectivity index (χ3v) is 8.37. The topological polar surface area (TPSA) is 65.1 Å². The maximum Gasteiger partial charge on any atom is 0.265 e. The van der Waals surface area contributed by atoms with Crippen molar-refractivity contribution >= 4 is 50.8 Å². The van der Waals surface area contributed by atoms with E-state index in [0.29, 0.717) is 63.4 Å². The lowest BCUT2D eigenvalue weighted by molar-refractivity contribution is -0.115. The maximum absolute atomic E-state index is 13.8. The lowest BCUT2D eigenvalue weighted by atomic mass is 9.90. The molecule has 9 heteroatoms. The molecule has 3 aromatic rings. The first-order chi connectivity index (χ1) is 17.5. The predicted octanol–water partition coefficient (Wildman–Crippen LogP) is 5.30. The normalized spacial score (nSPS) is 18.8. The van der Waals surface area contributed by atoms with E-state index in [1.807, 2.05) is 18.2 Å². The summed E-state index contributed by atoms with van der Waals surface area (Å²) in [4.78, 5) is 28.8. The van der Waals surface area contributed by atoms with E-state index in [1.165, 1.54) is 12.1 Å². The van der Waals surface area contributed by atoms with Gasteiger partial charge in [0.25, 0.3) is 5.91 Å². The minimum absolute atomic E-state index is 0.0474. The molecule has 1 fully saturated rings. The van der Waals surface area contributed by atoms with Crippen LogP contribution in [0.15, 0.2) is 35.9 Å². The van der Waals surface area contributed by atoms with E-state index in [4.69, 9.17) is 25.8 Å². The zero-order chi connectivity index (χ0) is 24.8. The summed E-state index contributed by atoms with van der Waals surface area (Å²) in [5.74, 6) is 0.577. The number of ether oxygens (including phenoxy) is 3. The van der Waals surface area contributed by atoms with Crippen LogP contribution in [0.3, 0.4) is 0 Å². The van der Waals surface area contributed by atoms with Crippen LogP contribution in [0.5, 0.6) is 11.5 Å². The van der Waals surface area contributed by atoms with Crippen LogP contribution in [0.1, 0.15) is 33.6 Å².